The number of carbonyl (C=O) groups is 2. The average molecular weight is 320 g/mol. The monoisotopic (exact) mass is 320 g/mol. The lowest BCUT2D eigenvalue weighted by Gasteiger charge is -2.21. The van der Waals surface area contributed by atoms with E-state index in [-0.39, 0.29) is 18.0 Å². The molecule has 0 saturated carbocycles. The molecule has 1 aromatic rings. The SMILES string of the molecule is CC(=O)Nc1cccc([C@@H](C)NC(=O)NCCN(C)C(C)C)c1. The van der Waals surface area contributed by atoms with Crippen LogP contribution in [0.15, 0.2) is 24.3 Å². The van der Waals surface area contributed by atoms with Gasteiger partial charge >= 0.3 is 6.03 Å². The highest BCUT2D eigenvalue weighted by Gasteiger charge is 2.10. The van der Waals surface area contributed by atoms with E-state index in [1.165, 1.54) is 6.92 Å². The number of benzene rings is 1. The summed E-state index contributed by atoms with van der Waals surface area (Å²) >= 11 is 0. The van der Waals surface area contributed by atoms with Crippen molar-refractivity contribution in [3.8, 4) is 0 Å². The van der Waals surface area contributed by atoms with Gasteiger partial charge in [0.05, 0.1) is 6.04 Å². The first-order chi connectivity index (χ1) is 10.8. The lowest BCUT2D eigenvalue weighted by molar-refractivity contribution is -0.114. The van der Waals surface area contributed by atoms with E-state index in [1.54, 1.807) is 0 Å². The van der Waals surface area contributed by atoms with Gasteiger partial charge in [-0.25, -0.2) is 4.79 Å². The van der Waals surface area contributed by atoms with Crippen LogP contribution in [0.25, 0.3) is 0 Å². The molecule has 0 bridgehead atoms. The lowest BCUT2D eigenvalue weighted by Crippen LogP contribution is -2.41. The second-order valence-corrected chi connectivity index (χ2v) is 6.00. The van der Waals surface area contributed by atoms with Crippen molar-refractivity contribution < 1.29 is 9.59 Å². The summed E-state index contributed by atoms with van der Waals surface area (Å²) in [5.41, 5.74) is 1.66. The number of nitrogens with one attached hydrogen (secondary N) is 3. The molecule has 0 aliphatic rings. The summed E-state index contributed by atoms with van der Waals surface area (Å²) < 4.78 is 0. The molecule has 6 heteroatoms. The van der Waals surface area contributed by atoms with Gasteiger partial charge in [-0.15, -0.1) is 0 Å². The first-order valence-electron chi connectivity index (χ1n) is 7.91. The van der Waals surface area contributed by atoms with Crippen molar-refractivity contribution in [1.29, 1.82) is 0 Å². The number of nitrogens with zero attached hydrogens (tertiary/aromatic N) is 1. The molecule has 3 amide bonds. The lowest BCUT2D eigenvalue weighted by atomic mass is 10.1. The maximum Gasteiger partial charge on any atom is 0.315 e. The normalized spacial score (nSPS) is 12.1. The van der Waals surface area contributed by atoms with Gasteiger partial charge in [0.1, 0.15) is 0 Å². The van der Waals surface area contributed by atoms with Crippen LogP contribution < -0.4 is 16.0 Å². The zero-order valence-corrected chi connectivity index (χ0v) is 14.6. The highest BCUT2D eigenvalue weighted by Crippen LogP contribution is 2.17. The topological polar surface area (TPSA) is 73.5 Å². The molecule has 0 unspecified atom stereocenters. The Kier molecular flexibility index (Phi) is 7.54. The van der Waals surface area contributed by atoms with Gasteiger partial charge in [-0.1, -0.05) is 12.1 Å². The van der Waals surface area contributed by atoms with E-state index in [0.29, 0.717) is 12.6 Å². The van der Waals surface area contributed by atoms with E-state index < -0.39 is 0 Å². The van der Waals surface area contributed by atoms with Crippen LogP contribution in [0, 0.1) is 0 Å². The van der Waals surface area contributed by atoms with Crippen molar-refractivity contribution in [3.05, 3.63) is 29.8 Å². The zero-order chi connectivity index (χ0) is 17.4. The Labute approximate surface area is 138 Å². The van der Waals surface area contributed by atoms with Gasteiger partial charge in [-0.05, 0) is 45.5 Å². The highest BCUT2D eigenvalue weighted by atomic mass is 16.2. The Bertz CT molecular complexity index is 531. The second kappa shape index (κ2) is 9.15. The molecule has 0 heterocycles. The zero-order valence-electron chi connectivity index (χ0n) is 14.6. The standard InChI is InChI=1S/C17H28N4O2/c1-12(2)21(5)10-9-18-17(23)19-13(3)15-7-6-8-16(11-15)20-14(4)22/h6-8,11-13H,9-10H2,1-5H3,(H,20,22)(H2,18,19,23)/t13-/m1/s1. The Hall–Kier alpha value is -2.08. The molecule has 1 aromatic carbocycles. The number of anilines is 1. The fraction of sp³-hybridized carbons (Fsp3) is 0.529. The van der Waals surface area contributed by atoms with Crippen LogP contribution in [0.5, 0.6) is 0 Å². The Morgan fingerprint density at radius 2 is 1.91 bits per heavy atom. The van der Waals surface area contributed by atoms with E-state index in [4.69, 9.17) is 0 Å². The molecule has 0 radical (unpaired) electrons. The fourth-order valence-corrected chi connectivity index (χ4v) is 2.02. The van der Waals surface area contributed by atoms with Crippen LogP contribution >= 0.6 is 0 Å². The molecular weight excluding hydrogens is 292 g/mol. The summed E-state index contributed by atoms with van der Waals surface area (Å²) in [6.45, 7) is 9.01. The molecular formula is C17H28N4O2. The number of carbonyl (C=O) groups excluding carboxylic acids is 2. The molecule has 1 rings (SSSR count). The predicted octanol–water partition coefficient (Wildman–Crippen LogP) is 2.35. The largest absolute Gasteiger partial charge is 0.337 e. The van der Waals surface area contributed by atoms with E-state index in [0.717, 1.165) is 17.8 Å². The quantitative estimate of drug-likeness (QED) is 0.722. The molecule has 1 atom stereocenters. The average Bonchev–Trinajstić information content (AvgIpc) is 2.46. The van der Waals surface area contributed by atoms with Crippen LogP contribution in [0.1, 0.15) is 39.3 Å². The second-order valence-electron chi connectivity index (χ2n) is 6.00. The summed E-state index contributed by atoms with van der Waals surface area (Å²) in [5, 5.41) is 8.49. The maximum atomic E-state index is 11.9. The summed E-state index contributed by atoms with van der Waals surface area (Å²) in [5.74, 6) is -0.116. The Balaban J connectivity index is 2.47. The number of rotatable bonds is 7. The Morgan fingerprint density at radius 3 is 2.52 bits per heavy atom. The molecule has 0 saturated heterocycles. The van der Waals surface area contributed by atoms with Crippen molar-refractivity contribution in [2.24, 2.45) is 0 Å². The van der Waals surface area contributed by atoms with Gasteiger partial charge in [0.25, 0.3) is 0 Å². The Morgan fingerprint density at radius 1 is 1.22 bits per heavy atom. The molecule has 128 valence electrons. The van der Waals surface area contributed by atoms with Gasteiger partial charge in [0, 0.05) is 31.7 Å². The number of likely N-dealkylation sites (N-methyl/N-ethyl adjacent to an activating group) is 1. The fourth-order valence-electron chi connectivity index (χ4n) is 2.02. The molecule has 0 aliphatic carbocycles. The summed E-state index contributed by atoms with van der Waals surface area (Å²) in [7, 11) is 2.03. The molecule has 0 fully saturated rings. The number of hydrogen-bond donors (Lipinski definition) is 3. The van der Waals surface area contributed by atoms with E-state index >= 15 is 0 Å². The van der Waals surface area contributed by atoms with Crippen molar-refractivity contribution >= 4 is 17.6 Å². The number of urea groups is 1. The van der Waals surface area contributed by atoms with Gasteiger partial charge in [-0.2, -0.15) is 0 Å². The van der Waals surface area contributed by atoms with Crippen LogP contribution in [-0.2, 0) is 4.79 Å². The third-order valence-electron chi connectivity index (χ3n) is 3.69. The first-order valence-corrected chi connectivity index (χ1v) is 7.91. The highest BCUT2D eigenvalue weighted by molar-refractivity contribution is 5.88. The number of hydrogen-bond acceptors (Lipinski definition) is 3. The first kappa shape index (κ1) is 19.0. The molecule has 6 nitrogen and oxygen atoms in total. The molecule has 0 aliphatic heterocycles. The van der Waals surface area contributed by atoms with Crippen LogP contribution in [0.4, 0.5) is 10.5 Å². The van der Waals surface area contributed by atoms with Gasteiger partial charge in [-0.3, -0.25) is 4.79 Å². The third kappa shape index (κ3) is 7.15. The van der Waals surface area contributed by atoms with Gasteiger partial charge < -0.3 is 20.9 Å². The maximum absolute atomic E-state index is 11.9. The van der Waals surface area contributed by atoms with E-state index in [9.17, 15) is 9.59 Å². The van der Waals surface area contributed by atoms with E-state index in [1.807, 2.05) is 38.2 Å². The van der Waals surface area contributed by atoms with Crippen molar-refractivity contribution in [2.45, 2.75) is 39.8 Å². The van der Waals surface area contributed by atoms with Gasteiger partial charge in [0.15, 0.2) is 0 Å². The summed E-state index contributed by atoms with van der Waals surface area (Å²) in [6.07, 6.45) is 0. The molecule has 23 heavy (non-hydrogen) atoms. The van der Waals surface area contributed by atoms with Crippen LogP contribution in [0.2, 0.25) is 0 Å². The number of amides is 3. The van der Waals surface area contributed by atoms with Crippen molar-refractivity contribution in [3.63, 3.8) is 0 Å². The minimum atomic E-state index is -0.195. The van der Waals surface area contributed by atoms with Crippen molar-refractivity contribution in [1.82, 2.24) is 15.5 Å². The summed E-state index contributed by atoms with van der Waals surface area (Å²) in [6, 6.07) is 7.57. The predicted molar refractivity (Wildman–Crippen MR) is 93.5 cm³/mol. The summed E-state index contributed by atoms with van der Waals surface area (Å²) in [4.78, 5) is 25.2. The third-order valence-corrected chi connectivity index (χ3v) is 3.69. The van der Waals surface area contributed by atoms with Crippen molar-refractivity contribution in [2.75, 3.05) is 25.5 Å². The minimum absolute atomic E-state index is 0.116. The minimum Gasteiger partial charge on any atom is -0.337 e. The molecule has 0 aromatic heterocycles. The van der Waals surface area contributed by atoms with Crippen LogP contribution in [-0.4, -0.2) is 43.0 Å². The molecule has 3 N–H and O–H groups in total. The molecule has 0 spiro atoms. The van der Waals surface area contributed by atoms with E-state index in [2.05, 4.69) is 34.7 Å². The smallest absolute Gasteiger partial charge is 0.315 e. The van der Waals surface area contributed by atoms with Crippen LogP contribution in [0.3, 0.4) is 0 Å². The van der Waals surface area contributed by atoms with Gasteiger partial charge in [0.2, 0.25) is 5.91 Å².